The van der Waals surface area contributed by atoms with Gasteiger partial charge in [0.15, 0.2) is 16.9 Å². The van der Waals surface area contributed by atoms with Gasteiger partial charge in [0, 0.05) is 138 Å². The van der Waals surface area contributed by atoms with Crippen LogP contribution in [0.5, 0.6) is 0 Å². The van der Waals surface area contributed by atoms with Gasteiger partial charge < -0.3 is 29.4 Å². The molecule has 714 valence electrons. The van der Waals surface area contributed by atoms with E-state index in [1.54, 1.807) is 83.7 Å². The molecule has 6 aromatic carbocycles. The van der Waals surface area contributed by atoms with Crippen LogP contribution in [0.2, 0.25) is 0 Å². The van der Waals surface area contributed by atoms with Crippen LogP contribution < -0.4 is 31.8 Å². The minimum atomic E-state index is -0.758. The smallest absolute Gasteiger partial charge is 0.350 e. The highest BCUT2D eigenvalue weighted by molar-refractivity contribution is 5.95. The van der Waals surface area contributed by atoms with E-state index in [-0.39, 0.29) is 154 Å². The Hall–Kier alpha value is -15.8. The van der Waals surface area contributed by atoms with Gasteiger partial charge in [0.05, 0.1) is 63.4 Å². The Labute approximate surface area is 799 Å². The average Bonchev–Trinajstić information content (AvgIpc) is 0.992. The van der Waals surface area contributed by atoms with Crippen LogP contribution in [0.4, 0.5) is 43.8 Å². The van der Waals surface area contributed by atoms with Gasteiger partial charge in [-0.3, -0.25) is 19.1 Å². The zero-order chi connectivity index (χ0) is 98.4. The fourth-order valence-electron chi connectivity index (χ4n) is 20.3. The molecule has 0 saturated carbocycles. The monoisotopic (exact) mass is 1890 g/mol. The molecule has 9 aromatic heterocycles. The molecule has 0 spiro atoms. The highest BCUT2D eigenvalue weighted by Gasteiger charge is 2.39. The SMILES string of the molecule is C=CC(=O)N1CCN(c2nc(=O)n3c4nc(c(F)cc24)-c2c(F)cccc2Cc2cn(nn2)CCc2cccc(C(C)C)c2-3)[C@@H](C)C1.C=CC(=O)N1CCN(c2nc(=O)n3c4nc(c(F)cc24)-c2c(F)cccc2Cn2cc(nn2)Cc2cccc(C(C)C)c2-3)[C@@H](C)C1.C=CC(=O)N1C[C@H](C)N(c2nc(=O)n3c4nc(c(F)cc24)-c2c(F)cccc2Cc2cn(nn2)Cc2cccc(C(C)C)c2-3)C[C@H]1C. The number of hydrogen-bond acceptors (Lipinski definition) is 21. The summed E-state index contributed by atoms with van der Waals surface area (Å²) in [6.45, 7) is 34.4. The van der Waals surface area contributed by atoms with E-state index in [9.17, 15) is 28.8 Å². The molecule has 140 heavy (non-hydrogen) atoms. The van der Waals surface area contributed by atoms with Crippen molar-refractivity contribution in [3.8, 4) is 50.8 Å². The Balaban J connectivity index is 0.000000134. The van der Waals surface area contributed by atoms with Crippen LogP contribution in [-0.4, -0.2) is 198 Å². The van der Waals surface area contributed by atoms with Crippen molar-refractivity contribution < 1.29 is 40.7 Å². The fraction of sp³-hybridized carbons (Fsp3) is 0.308. The first-order valence-corrected chi connectivity index (χ1v) is 46.7. The van der Waals surface area contributed by atoms with Crippen molar-refractivity contribution >= 4 is 68.3 Å². The molecule has 3 saturated heterocycles. The molecule has 3 amide bonds. The highest BCUT2D eigenvalue weighted by Crippen LogP contribution is 2.43. The summed E-state index contributed by atoms with van der Waals surface area (Å²) in [5.41, 5.74) is 8.05. The lowest BCUT2D eigenvalue weighted by atomic mass is 9.95. The summed E-state index contributed by atoms with van der Waals surface area (Å²) in [7, 11) is 0. The lowest BCUT2D eigenvalue weighted by Gasteiger charge is -2.44. The van der Waals surface area contributed by atoms with Crippen LogP contribution in [0, 0.1) is 34.9 Å². The zero-order valence-electron chi connectivity index (χ0n) is 78.8. The number of aromatic nitrogens is 18. The Bertz CT molecular complexity index is 7790. The standard InChI is InChI=1S/2C35H34F2N8O2.C34H32F2N8O2/c1-6-29(46)43-15-21(5)44(16-20(43)4)33-26-14-28(37)31-30-22(9-8-12-27(30)36)13-24-18-42(41-40-24)17-23-10-7-11-25(19(2)3)32(23)45(34(26)38-31)35(47)39-33;1-5-29(46)42-14-15-44(21(4)18-42)33-26-17-28(37)31-30-23(9-7-11-27(30)36)16-24-19-43(41-40-24)13-12-22-8-6-10-25(20(2)3)32(22)45(34(26)38-31)35(47)39-33;1-5-28(45)41-12-13-43(20(4)16-41)32-25-15-27(36)30-29-22(9-7-11-26(29)35)17-42-18-23(39-40-42)14-21-8-6-10-24(19(2)3)31(21)44(33(25)37-30)34(46)38-32/h6-12,14,18-21H,1,13,15-17H2,2-5H3;5-11,17,19-21H,1,12-16,18H2,2-4H3;5-11,15,18-20H,1,12-14,16-17H2,2-4H3/t20-,21+;21-;20-/m100/s1. The van der Waals surface area contributed by atoms with Gasteiger partial charge in [-0.25, -0.2) is 78.7 Å². The topological polar surface area (TPSA) is 306 Å². The second-order valence-corrected chi connectivity index (χ2v) is 37.3. The maximum atomic E-state index is 16.5. The number of anilines is 3. The van der Waals surface area contributed by atoms with E-state index in [1.807, 2.05) is 139 Å². The largest absolute Gasteiger partial charge is 0.355 e. The van der Waals surface area contributed by atoms with Crippen molar-refractivity contribution in [1.29, 1.82) is 0 Å². The number of aryl methyl sites for hydroxylation is 2. The Morgan fingerprint density at radius 3 is 1.13 bits per heavy atom. The summed E-state index contributed by atoms with van der Waals surface area (Å²) < 4.78 is 106. The highest BCUT2D eigenvalue weighted by atomic mass is 19.1. The molecule has 3 fully saturated rings. The van der Waals surface area contributed by atoms with Gasteiger partial charge in [-0.1, -0.05) is 168 Å². The number of benzene rings is 6. The number of amides is 3. The van der Waals surface area contributed by atoms with E-state index in [0.29, 0.717) is 139 Å². The number of nitrogens with zero attached hydrogens (tertiary/aromatic N) is 24. The summed E-state index contributed by atoms with van der Waals surface area (Å²) in [4.78, 5) is 119. The number of rotatable bonds is 9. The number of carbonyl (C=O) groups excluding carboxylic acids is 3. The van der Waals surface area contributed by atoms with Gasteiger partial charge in [-0.15, -0.1) is 15.3 Å². The molecular formula is C104H100F6N24O6. The molecular weight excluding hydrogens is 1800 g/mol. The third-order valence-electron chi connectivity index (χ3n) is 27.0. The maximum absolute atomic E-state index is 16.5. The van der Waals surface area contributed by atoms with E-state index in [0.717, 1.165) is 33.4 Å². The van der Waals surface area contributed by atoms with Crippen LogP contribution >= 0.6 is 0 Å². The summed E-state index contributed by atoms with van der Waals surface area (Å²) in [6.07, 6.45) is 10.5. The molecule has 15 heterocycles. The van der Waals surface area contributed by atoms with E-state index in [2.05, 4.69) is 65.6 Å². The van der Waals surface area contributed by atoms with E-state index in [4.69, 9.17) is 15.0 Å². The van der Waals surface area contributed by atoms with E-state index in [1.165, 1.54) is 68.3 Å². The predicted octanol–water partition coefficient (Wildman–Crippen LogP) is 14.4. The molecule has 0 aliphatic carbocycles. The number of halogens is 6. The Morgan fingerprint density at radius 1 is 0.364 bits per heavy atom. The van der Waals surface area contributed by atoms with Crippen LogP contribution in [0.1, 0.15) is 154 Å². The fourth-order valence-corrected chi connectivity index (χ4v) is 20.3. The van der Waals surface area contributed by atoms with Gasteiger partial charge in [0.2, 0.25) is 17.7 Å². The number of hydrogen-bond donors (Lipinski definition) is 0. The normalized spacial score (nSPS) is 16.6. The number of carbonyl (C=O) groups is 3. The molecule has 36 heteroatoms. The molecule has 0 unspecified atom stereocenters. The molecule has 30 nitrogen and oxygen atoms in total. The number of pyridine rings is 3. The predicted molar refractivity (Wildman–Crippen MR) is 519 cm³/mol. The third kappa shape index (κ3) is 17.1. The van der Waals surface area contributed by atoms with E-state index < -0.39 is 52.0 Å². The third-order valence-corrected chi connectivity index (χ3v) is 27.0. The molecule has 21 rings (SSSR count). The number of piperazine rings is 3. The molecule has 4 atom stereocenters. The minimum absolute atomic E-state index is 0.00170. The summed E-state index contributed by atoms with van der Waals surface area (Å²) in [6, 6.07) is 34.0. The zero-order valence-corrected chi connectivity index (χ0v) is 78.8. The summed E-state index contributed by atoms with van der Waals surface area (Å²) in [5, 5.41) is 26.8. The first-order chi connectivity index (χ1) is 67.3. The summed E-state index contributed by atoms with van der Waals surface area (Å²) >= 11 is 0. The van der Waals surface area contributed by atoms with Crippen molar-refractivity contribution in [2.24, 2.45) is 0 Å². The van der Waals surface area contributed by atoms with Crippen molar-refractivity contribution in [2.45, 2.75) is 156 Å². The first kappa shape index (κ1) is 93.2. The molecule has 6 aliphatic heterocycles. The van der Waals surface area contributed by atoms with Crippen LogP contribution in [0.15, 0.2) is 198 Å². The number of fused-ring (bicyclic) bond motifs is 21. The number of para-hydroxylation sites is 3. The Morgan fingerprint density at radius 2 is 0.707 bits per heavy atom. The van der Waals surface area contributed by atoms with Crippen LogP contribution in [0.25, 0.3) is 83.9 Å². The maximum Gasteiger partial charge on any atom is 0.355 e. The minimum Gasteiger partial charge on any atom is -0.350 e. The van der Waals surface area contributed by atoms with Gasteiger partial charge in [0.1, 0.15) is 69.4 Å². The van der Waals surface area contributed by atoms with Crippen molar-refractivity contribution in [2.75, 3.05) is 67.1 Å². The van der Waals surface area contributed by atoms with E-state index >= 15 is 26.3 Å². The van der Waals surface area contributed by atoms with Gasteiger partial charge >= 0.3 is 17.1 Å². The Kier molecular flexibility index (Phi) is 25.1. The van der Waals surface area contributed by atoms with Crippen molar-refractivity contribution in [3.63, 3.8) is 0 Å². The second kappa shape index (κ2) is 37.6. The van der Waals surface area contributed by atoms with Gasteiger partial charge in [-0.05, 0) is 157 Å². The molecule has 0 radical (unpaired) electrons. The van der Waals surface area contributed by atoms with Gasteiger partial charge in [0.25, 0.3) is 0 Å². The van der Waals surface area contributed by atoms with Crippen LogP contribution in [-0.2, 0) is 59.7 Å². The van der Waals surface area contributed by atoms with Crippen LogP contribution in [0.3, 0.4) is 0 Å². The average molecular weight is 1900 g/mol. The summed E-state index contributed by atoms with van der Waals surface area (Å²) in [5.74, 6) is -3.99. The van der Waals surface area contributed by atoms with Crippen molar-refractivity contribution in [3.05, 3.63) is 317 Å². The molecule has 12 bridgehead atoms. The second-order valence-electron chi connectivity index (χ2n) is 37.3. The van der Waals surface area contributed by atoms with Gasteiger partial charge in [-0.2, -0.15) is 15.0 Å². The molecule has 6 aliphatic rings. The van der Waals surface area contributed by atoms with Crippen molar-refractivity contribution in [1.82, 2.24) is 103 Å². The molecule has 0 N–H and O–H groups in total. The quantitative estimate of drug-likeness (QED) is 0.0957. The molecule has 15 aromatic rings. The lowest BCUT2D eigenvalue weighted by Crippen LogP contribution is -2.58. The first-order valence-electron chi connectivity index (χ1n) is 46.7. The lowest BCUT2D eigenvalue weighted by molar-refractivity contribution is -0.129.